The van der Waals surface area contributed by atoms with Crippen LogP contribution >= 0.6 is 0 Å². The van der Waals surface area contributed by atoms with Crippen LogP contribution in [0.1, 0.15) is 25.8 Å². The fraction of sp³-hybridized carbons (Fsp3) is 0.467. The number of esters is 1. The standard InChI is InChI=1S/C15H19NO4/c1-3-19-15(18)13-9-14(17)16(11(13)2)20-10-12-7-5-4-6-8-12/h4-8,11,13H,3,9-10H2,1-2H3. The number of carbonyl (C=O) groups is 2. The molecule has 0 radical (unpaired) electrons. The number of rotatable bonds is 5. The molecule has 0 aliphatic carbocycles. The summed E-state index contributed by atoms with van der Waals surface area (Å²) in [5, 5.41) is 1.30. The lowest BCUT2D eigenvalue weighted by molar-refractivity contribution is -0.195. The van der Waals surface area contributed by atoms with Gasteiger partial charge < -0.3 is 4.74 Å². The zero-order valence-corrected chi connectivity index (χ0v) is 11.7. The van der Waals surface area contributed by atoms with E-state index in [-0.39, 0.29) is 24.3 Å². The lowest BCUT2D eigenvalue weighted by atomic mass is 10.0. The van der Waals surface area contributed by atoms with Crippen LogP contribution in [0.2, 0.25) is 0 Å². The Labute approximate surface area is 118 Å². The molecule has 1 aliphatic rings. The van der Waals surface area contributed by atoms with E-state index < -0.39 is 5.92 Å². The Bertz CT molecular complexity index is 474. The van der Waals surface area contributed by atoms with Crippen molar-refractivity contribution < 1.29 is 19.2 Å². The minimum atomic E-state index is -0.446. The van der Waals surface area contributed by atoms with Crippen molar-refractivity contribution in [1.82, 2.24) is 5.06 Å². The fourth-order valence-electron chi connectivity index (χ4n) is 2.28. The first kappa shape index (κ1) is 14.5. The molecule has 2 atom stereocenters. The van der Waals surface area contributed by atoms with Crippen molar-refractivity contribution in [1.29, 1.82) is 0 Å². The summed E-state index contributed by atoms with van der Waals surface area (Å²) >= 11 is 0. The molecule has 0 bridgehead atoms. The number of hydrogen-bond donors (Lipinski definition) is 0. The van der Waals surface area contributed by atoms with Crippen LogP contribution in [-0.2, 0) is 25.8 Å². The normalized spacial score (nSPS) is 22.1. The van der Waals surface area contributed by atoms with Crippen molar-refractivity contribution in [2.75, 3.05) is 6.61 Å². The zero-order chi connectivity index (χ0) is 14.5. The quantitative estimate of drug-likeness (QED) is 0.772. The summed E-state index contributed by atoms with van der Waals surface area (Å²) in [6.07, 6.45) is 0.148. The molecule has 2 rings (SSSR count). The summed E-state index contributed by atoms with van der Waals surface area (Å²) < 4.78 is 4.98. The summed E-state index contributed by atoms with van der Waals surface area (Å²) in [6.45, 7) is 4.19. The molecule has 0 aromatic heterocycles. The maximum Gasteiger partial charge on any atom is 0.311 e. The molecule has 1 heterocycles. The van der Waals surface area contributed by atoms with Gasteiger partial charge in [-0.05, 0) is 19.4 Å². The van der Waals surface area contributed by atoms with Crippen LogP contribution in [0.5, 0.6) is 0 Å². The van der Waals surface area contributed by atoms with Gasteiger partial charge in [-0.2, -0.15) is 0 Å². The molecule has 5 nitrogen and oxygen atoms in total. The van der Waals surface area contributed by atoms with Crippen LogP contribution in [0.3, 0.4) is 0 Å². The third-order valence-corrected chi connectivity index (χ3v) is 3.40. The Hall–Kier alpha value is -1.88. The molecule has 2 unspecified atom stereocenters. The Balaban J connectivity index is 1.95. The smallest absolute Gasteiger partial charge is 0.311 e. The average Bonchev–Trinajstić information content (AvgIpc) is 2.73. The molecule has 0 saturated carbocycles. The highest BCUT2D eigenvalue weighted by atomic mass is 16.7. The number of nitrogens with zero attached hydrogens (tertiary/aromatic N) is 1. The van der Waals surface area contributed by atoms with Crippen molar-refractivity contribution in [3.05, 3.63) is 35.9 Å². The van der Waals surface area contributed by atoms with Gasteiger partial charge in [0, 0.05) is 6.42 Å². The van der Waals surface area contributed by atoms with E-state index >= 15 is 0 Å². The first-order chi connectivity index (χ1) is 9.63. The predicted molar refractivity (Wildman–Crippen MR) is 72.3 cm³/mol. The van der Waals surface area contributed by atoms with Crippen molar-refractivity contribution >= 4 is 11.9 Å². The second-order valence-electron chi connectivity index (χ2n) is 4.78. The Morgan fingerprint density at radius 2 is 2.05 bits per heavy atom. The Kier molecular flexibility index (Phi) is 4.74. The minimum Gasteiger partial charge on any atom is -0.466 e. The first-order valence-corrected chi connectivity index (χ1v) is 6.79. The van der Waals surface area contributed by atoms with E-state index in [1.807, 2.05) is 30.3 Å². The van der Waals surface area contributed by atoms with Gasteiger partial charge in [0.15, 0.2) is 0 Å². The van der Waals surface area contributed by atoms with Crippen LogP contribution in [0.4, 0.5) is 0 Å². The van der Waals surface area contributed by atoms with Crippen molar-refractivity contribution in [3.8, 4) is 0 Å². The SMILES string of the molecule is CCOC(=O)C1CC(=O)N(OCc2ccccc2)C1C. The van der Waals surface area contributed by atoms with Crippen LogP contribution < -0.4 is 0 Å². The van der Waals surface area contributed by atoms with E-state index in [1.54, 1.807) is 13.8 Å². The van der Waals surface area contributed by atoms with E-state index in [2.05, 4.69) is 0 Å². The molecule has 1 amide bonds. The van der Waals surface area contributed by atoms with Crippen LogP contribution in [0.25, 0.3) is 0 Å². The third kappa shape index (κ3) is 3.17. The predicted octanol–water partition coefficient (Wildman–Crippen LogP) is 1.92. The largest absolute Gasteiger partial charge is 0.466 e. The van der Waals surface area contributed by atoms with Gasteiger partial charge in [-0.3, -0.25) is 14.4 Å². The van der Waals surface area contributed by atoms with Gasteiger partial charge in [0.1, 0.15) is 6.61 Å². The van der Waals surface area contributed by atoms with Crippen LogP contribution in [0, 0.1) is 5.92 Å². The molecule has 5 heteroatoms. The molecule has 1 fully saturated rings. The number of hydrogen-bond acceptors (Lipinski definition) is 4. The molecule has 108 valence electrons. The van der Waals surface area contributed by atoms with Gasteiger partial charge in [-0.1, -0.05) is 30.3 Å². The van der Waals surface area contributed by atoms with Crippen molar-refractivity contribution in [2.24, 2.45) is 5.92 Å². The zero-order valence-electron chi connectivity index (χ0n) is 11.7. The van der Waals surface area contributed by atoms with E-state index in [1.165, 1.54) is 5.06 Å². The first-order valence-electron chi connectivity index (χ1n) is 6.79. The molecule has 0 spiro atoms. The van der Waals surface area contributed by atoms with E-state index in [0.717, 1.165) is 5.56 Å². The maximum absolute atomic E-state index is 11.9. The summed E-state index contributed by atoms with van der Waals surface area (Å²) in [6, 6.07) is 9.29. The highest BCUT2D eigenvalue weighted by Gasteiger charge is 2.43. The van der Waals surface area contributed by atoms with Gasteiger partial charge in [0.25, 0.3) is 0 Å². The van der Waals surface area contributed by atoms with Crippen LogP contribution in [0.15, 0.2) is 30.3 Å². The summed E-state index contributed by atoms with van der Waals surface area (Å²) in [5.74, 6) is -0.955. The topological polar surface area (TPSA) is 55.8 Å². The summed E-state index contributed by atoms with van der Waals surface area (Å²) in [7, 11) is 0. The van der Waals surface area contributed by atoms with Gasteiger partial charge in [-0.25, -0.2) is 5.06 Å². The van der Waals surface area contributed by atoms with Crippen molar-refractivity contribution in [2.45, 2.75) is 32.9 Å². The highest BCUT2D eigenvalue weighted by molar-refractivity contribution is 5.86. The van der Waals surface area contributed by atoms with Crippen LogP contribution in [-0.4, -0.2) is 29.6 Å². The third-order valence-electron chi connectivity index (χ3n) is 3.40. The summed E-state index contributed by atoms with van der Waals surface area (Å²) in [4.78, 5) is 29.2. The fourth-order valence-corrected chi connectivity index (χ4v) is 2.28. The van der Waals surface area contributed by atoms with Crippen molar-refractivity contribution in [3.63, 3.8) is 0 Å². The van der Waals surface area contributed by atoms with Gasteiger partial charge in [0.2, 0.25) is 5.91 Å². The number of carbonyl (C=O) groups excluding carboxylic acids is 2. The molecular weight excluding hydrogens is 258 g/mol. The van der Waals surface area contributed by atoms with E-state index in [9.17, 15) is 9.59 Å². The second-order valence-corrected chi connectivity index (χ2v) is 4.78. The molecule has 20 heavy (non-hydrogen) atoms. The maximum atomic E-state index is 11.9. The van der Waals surface area contributed by atoms with Gasteiger partial charge >= 0.3 is 5.97 Å². The number of hydroxylamine groups is 2. The molecular formula is C15H19NO4. The second kappa shape index (κ2) is 6.52. The molecule has 1 aliphatic heterocycles. The highest BCUT2D eigenvalue weighted by Crippen LogP contribution is 2.27. The minimum absolute atomic E-state index is 0.148. The number of benzene rings is 1. The van der Waals surface area contributed by atoms with E-state index in [4.69, 9.17) is 9.57 Å². The molecule has 1 saturated heterocycles. The Morgan fingerprint density at radius 3 is 2.70 bits per heavy atom. The lowest BCUT2D eigenvalue weighted by Gasteiger charge is -2.23. The monoisotopic (exact) mass is 277 g/mol. The average molecular weight is 277 g/mol. The molecule has 1 aromatic rings. The Morgan fingerprint density at radius 1 is 1.35 bits per heavy atom. The number of ether oxygens (including phenoxy) is 1. The molecule has 1 aromatic carbocycles. The molecule has 0 N–H and O–H groups in total. The summed E-state index contributed by atoms with van der Waals surface area (Å²) in [5.41, 5.74) is 0.979. The lowest BCUT2D eigenvalue weighted by Crippen LogP contribution is -2.35. The van der Waals surface area contributed by atoms with Gasteiger partial charge in [0.05, 0.1) is 18.6 Å². The number of amides is 1. The van der Waals surface area contributed by atoms with Gasteiger partial charge in [-0.15, -0.1) is 0 Å². The van der Waals surface area contributed by atoms with E-state index in [0.29, 0.717) is 13.2 Å².